The summed E-state index contributed by atoms with van der Waals surface area (Å²) in [7, 11) is 0. The molecule has 0 aromatic heterocycles. The zero-order chi connectivity index (χ0) is 12.3. The quantitative estimate of drug-likeness (QED) is 0.724. The van der Waals surface area contributed by atoms with Crippen molar-refractivity contribution in [3.63, 3.8) is 0 Å². The molecule has 0 saturated heterocycles. The molecule has 0 aliphatic heterocycles. The molecular formula is C10H10Cl2N2O2. The first-order valence-corrected chi connectivity index (χ1v) is 5.21. The molecule has 0 spiro atoms. The summed E-state index contributed by atoms with van der Waals surface area (Å²) in [5.41, 5.74) is 6.05. The second-order valence-electron chi connectivity index (χ2n) is 3.25. The Balaban J connectivity index is 3.06. The van der Waals surface area contributed by atoms with Crippen molar-refractivity contribution in [2.75, 3.05) is 5.73 Å². The highest BCUT2D eigenvalue weighted by molar-refractivity contribution is 6.44. The van der Waals surface area contributed by atoms with Crippen LogP contribution in [0.2, 0.25) is 10.0 Å². The number of anilines is 1. The lowest BCUT2D eigenvalue weighted by atomic mass is 10.0. The number of nitriles is 1. The van der Waals surface area contributed by atoms with E-state index in [-0.39, 0.29) is 27.7 Å². The topological polar surface area (TPSA) is 90.3 Å². The third-order valence-electron chi connectivity index (χ3n) is 2.13. The van der Waals surface area contributed by atoms with Gasteiger partial charge in [-0.05, 0) is 6.07 Å². The van der Waals surface area contributed by atoms with Gasteiger partial charge in [-0.3, -0.25) is 0 Å². The van der Waals surface area contributed by atoms with Gasteiger partial charge in [-0.25, -0.2) is 0 Å². The molecule has 16 heavy (non-hydrogen) atoms. The zero-order valence-corrected chi connectivity index (χ0v) is 9.70. The minimum atomic E-state index is -1.26. The maximum Gasteiger partial charge on any atom is 0.107 e. The molecule has 0 amide bonds. The summed E-state index contributed by atoms with van der Waals surface area (Å²) in [5.74, 6) is 0. The lowest BCUT2D eigenvalue weighted by molar-refractivity contribution is 0.0217. The number of hydrogen-bond donors (Lipinski definition) is 3. The maximum absolute atomic E-state index is 9.73. The first-order chi connectivity index (χ1) is 7.49. The van der Waals surface area contributed by atoms with Crippen molar-refractivity contribution < 1.29 is 10.2 Å². The normalized spacial score (nSPS) is 14.2. The van der Waals surface area contributed by atoms with Crippen molar-refractivity contribution in [2.24, 2.45) is 0 Å². The van der Waals surface area contributed by atoms with Crippen LogP contribution < -0.4 is 5.73 Å². The molecule has 0 aliphatic carbocycles. The van der Waals surface area contributed by atoms with Gasteiger partial charge in [-0.1, -0.05) is 29.3 Å². The molecule has 1 aromatic carbocycles. The first-order valence-electron chi connectivity index (χ1n) is 4.45. The molecule has 6 heteroatoms. The Morgan fingerprint density at radius 2 is 1.94 bits per heavy atom. The van der Waals surface area contributed by atoms with E-state index in [0.717, 1.165) is 0 Å². The highest BCUT2D eigenvalue weighted by Gasteiger charge is 2.22. The standard InChI is InChI=1S/C10H10Cl2N2O2/c11-8-5(1-2-6(14)9(8)12)10(16)7(15)3-4-13/h1-2,7,10,15-16H,3,14H2. The predicted octanol–water partition coefficient (Wildman–Crippen LogP) is 1.88. The Hall–Kier alpha value is -0.990. The van der Waals surface area contributed by atoms with Gasteiger partial charge in [-0.2, -0.15) is 5.26 Å². The van der Waals surface area contributed by atoms with E-state index < -0.39 is 12.2 Å². The SMILES string of the molecule is N#CCC(O)C(O)c1ccc(N)c(Cl)c1Cl. The number of nitrogen functional groups attached to an aromatic ring is 1. The summed E-state index contributed by atoms with van der Waals surface area (Å²) in [6.07, 6.45) is -2.66. The summed E-state index contributed by atoms with van der Waals surface area (Å²) in [6.45, 7) is 0. The smallest absolute Gasteiger partial charge is 0.107 e. The number of aliphatic hydroxyl groups is 2. The summed E-state index contributed by atoms with van der Waals surface area (Å²) in [5, 5.41) is 27.8. The average Bonchev–Trinajstić information content (AvgIpc) is 2.26. The van der Waals surface area contributed by atoms with Gasteiger partial charge in [-0.15, -0.1) is 0 Å². The van der Waals surface area contributed by atoms with E-state index in [4.69, 9.17) is 34.2 Å². The Morgan fingerprint density at radius 3 is 2.50 bits per heavy atom. The van der Waals surface area contributed by atoms with Crippen LogP contribution in [0.25, 0.3) is 0 Å². The molecule has 0 aliphatic rings. The van der Waals surface area contributed by atoms with Gasteiger partial charge in [0.15, 0.2) is 0 Å². The van der Waals surface area contributed by atoms with Gasteiger partial charge >= 0.3 is 0 Å². The lowest BCUT2D eigenvalue weighted by Gasteiger charge is -2.17. The second-order valence-corrected chi connectivity index (χ2v) is 4.00. The Morgan fingerprint density at radius 1 is 1.31 bits per heavy atom. The molecule has 0 saturated carbocycles. The number of aliphatic hydroxyl groups excluding tert-OH is 2. The van der Waals surface area contributed by atoms with Crippen LogP contribution in [0.15, 0.2) is 12.1 Å². The Labute approximate surface area is 103 Å². The highest BCUT2D eigenvalue weighted by atomic mass is 35.5. The molecule has 1 rings (SSSR count). The molecular weight excluding hydrogens is 251 g/mol. The van der Waals surface area contributed by atoms with E-state index in [2.05, 4.69) is 0 Å². The molecule has 0 radical (unpaired) electrons. The molecule has 2 unspecified atom stereocenters. The number of nitrogens with zero attached hydrogens (tertiary/aromatic N) is 1. The van der Waals surface area contributed by atoms with Crippen LogP contribution in [0, 0.1) is 11.3 Å². The highest BCUT2D eigenvalue weighted by Crippen LogP contribution is 2.35. The van der Waals surface area contributed by atoms with Crippen molar-refractivity contribution in [1.82, 2.24) is 0 Å². The minimum absolute atomic E-state index is 0.0890. The molecule has 86 valence electrons. The minimum Gasteiger partial charge on any atom is -0.397 e. The number of halogens is 2. The van der Waals surface area contributed by atoms with Crippen LogP contribution in [0.5, 0.6) is 0 Å². The van der Waals surface area contributed by atoms with Gasteiger partial charge in [0.05, 0.1) is 34.3 Å². The van der Waals surface area contributed by atoms with Crippen molar-refractivity contribution in [2.45, 2.75) is 18.6 Å². The van der Waals surface area contributed by atoms with E-state index in [1.165, 1.54) is 12.1 Å². The fraction of sp³-hybridized carbons (Fsp3) is 0.300. The summed E-state index contributed by atoms with van der Waals surface area (Å²) in [6, 6.07) is 4.70. The molecule has 0 fully saturated rings. The van der Waals surface area contributed by atoms with Crippen LogP contribution in [0.4, 0.5) is 5.69 Å². The van der Waals surface area contributed by atoms with Crippen molar-refractivity contribution in [3.8, 4) is 6.07 Å². The predicted molar refractivity (Wildman–Crippen MR) is 62.1 cm³/mol. The van der Waals surface area contributed by atoms with Crippen LogP contribution in [-0.2, 0) is 0 Å². The molecule has 4 nitrogen and oxygen atoms in total. The summed E-state index contributed by atoms with van der Waals surface area (Å²) >= 11 is 11.7. The zero-order valence-electron chi connectivity index (χ0n) is 8.19. The van der Waals surface area contributed by atoms with Gasteiger partial charge in [0.2, 0.25) is 0 Å². The van der Waals surface area contributed by atoms with E-state index >= 15 is 0 Å². The van der Waals surface area contributed by atoms with E-state index in [0.29, 0.717) is 0 Å². The average molecular weight is 261 g/mol. The summed E-state index contributed by atoms with van der Waals surface area (Å²) < 4.78 is 0. The van der Waals surface area contributed by atoms with E-state index in [1.807, 2.05) is 0 Å². The van der Waals surface area contributed by atoms with Crippen LogP contribution >= 0.6 is 23.2 Å². The van der Waals surface area contributed by atoms with Crippen molar-refractivity contribution in [1.29, 1.82) is 5.26 Å². The largest absolute Gasteiger partial charge is 0.397 e. The number of benzene rings is 1. The Kier molecular flexibility index (Phi) is 4.39. The van der Waals surface area contributed by atoms with Crippen LogP contribution in [0.3, 0.4) is 0 Å². The van der Waals surface area contributed by atoms with Gasteiger partial charge in [0.1, 0.15) is 6.10 Å². The number of nitrogens with two attached hydrogens (primary N) is 1. The van der Waals surface area contributed by atoms with Crippen molar-refractivity contribution >= 4 is 28.9 Å². The van der Waals surface area contributed by atoms with E-state index in [1.54, 1.807) is 6.07 Å². The molecule has 1 aromatic rings. The Bertz CT molecular complexity index is 432. The molecule has 2 atom stereocenters. The second kappa shape index (κ2) is 5.37. The third-order valence-corrected chi connectivity index (χ3v) is 3.04. The lowest BCUT2D eigenvalue weighted by Crippen LogP contribution is -2.18. The number of hydrogen-bond acceptors (Lipinski definition) is 4. The maximum atomic E-state index is 9.73. The van der Waals surface area contributed by atoms with Gasteiger partial charge in [0.25, 0.3) is 0 Å². The molecule has 0 heterocycles. The first kappa shape index (κ1) is 13.1. The van der Waals surface area contributed by atoms with Crippen LogP contribution in [0.1, 0.15) is 18.1 Å². The van der Waals surface area contributed by atoms with Gasteiger partial charge < -0.3 is 15.9 Å². The third kappa shape index (κ3) is 2.57. The monoisotopic (exact) mass is 260 g/mol. The van der Waals surface area contributed by atoms with Crippen LogP contribution in [-0.4, -0.2) is 16.3 Å². The number of rotatable bonds is 3. The van der Waals surface area contributed by atoms with E-state index in [9.17, 15) is 10.2 Å². The van der Waals surface area contributed by atoms with Crippen molar-refractivity contribution in [3.05, 3.63) is 27.7 Å². The summed E-state index contributed by atoms with van der Waals surface area (Å²) in [4.78, 5) is 0. The molecule has 4 N–H and O–H groups in total. The fourth-order valence-corrected chi connectivity index (χ4v) is 1.68. The van der Waals surface area contributed by atoms with Gasteiger partial charge in [0, 0.05) is 5.56 Å². The fourth-order valence-electron chi connectivity index (χ4n) is 1.22. The molecule has 0 bridgehead atoms.